The van der Waals surface area contributed by atoms with E-state index in [0.717, 1.165) is 67.9 Å². The van der Waals surface area contributed by atoms with Gasteiger partial charge in [0.25, 0.3) is 5.91 Å². The number of carbonyl (C=O) groups is 1. The number of hydrogen-bond acceptors (Lipinski definition) is 3. The van der Waals surface area contributed by atoms with Gasteiger partial charge in [-0.25, -0.2) is 17.9 Å². The number of nitrogens with one attached hydrogen (secondary N) is 1. The average Bonchev–Trinajstić information content (AvgIpc) is 3.51. The molecular weight excluding hydrogens is 417 g/mol. The number of aromatic nitrogens is 2. The molecule has 1 fully saturated rings. The fourth-order valence-corrected chi connectivity index (χ4v) is 4.66. The molecule has 1 aliphatic heterocycles. The van der Waals surface area contributed by atoms with Crippen LogP contribution in [0.4, 0.5) is 18.9 Å². The summed E-state index contributed by atoms with van der Waals surface area (Å²) in [6, 6.07) is 10.1. The summed E-state index contributed by atoms with van der Waals surface area (Å²) >= 11 is 0. The molecular formula is C24H23F3N4O. The van der Waals surface area contributed by atoms with Gasteiger partial charge in [-0.1, -0.05) is 0 Å². The first-order chi connectivity index (χ1) is 15.5. The van der Waals surface area contributed by atoms with E-state index in [1.54, 1.807) is 16.8 Å². The fourth-order valence-electron chi connectivity index (χ4n) is 4.66. The molecule has 1 amide bonds. The summed E-state index contributed by atoms with van der Waals surface area (Å²) in [5.41, 5.74) is 3.50. The number of benzene rings is 2. The maximum atomic E-state index is 13.7. The van der Waals surface area contributed by atoms with Crippen molar-refractivity contribution in [3.63, 3.8) is 0 Å². The number of fused-ring (bicyclic) bond motifs is 1. The van der Waals surface area contributed by atoms with E-state index in [2.05, 4.69) is 15.3 Å². The zero-order chi connectivity index (χ0) is 22.2. The van der Waals surface area contributed by atoms with E-state index in [0.29, 0.717) is 17.9 Å². The number of hydrogen-bond donors (Lipinski definition) is 1. The topological polar surface area (TPSA) is 50.2 Å². The minimum atomic E-state index is -0.942. The zero-order valence-electron chi connectivity index (χ0n) is 17.5. The molecule has 5 nitrogen and oxygen atoms in total. The molecule has 32 heavy (non-hydrogen) atoms. The summed E-state index contributed by atoms with van der Waals surface area (Å²) in [4.78, 5) is 15.1. The number of carbonyl (C=O) groups excluding carboxylic acids is 1. The number of amides is 1. The van der Waals surface area contributed by atoms with Crippen LogP contribution in [0.5, 0.6) is 0 Å². The van der Waals surface area contributed by atoms with E-state index in [-0.39, 0.29) is 17.6 Å². The third kappa shape index (κ3) is 3.85. The molecule has 0 saturated carbocycles. The highest BCUT2D eigenvalue weighted by molar-refractivity contribution is 5.94. The van der Waals surface area contributed by atoms with Crippen molar-refractivity contribution in [2.24, 2.45) is 5.92 Å². The Morgan fingerprint density at radius 2 is 1.81 bits per heavy atom. The van der Waals surface area contributed by atoms with Crippen molar-refractivity contribution in [1.82, 2.24) is 15.1 Å². The number of nitrogens with zero attached hydrogens (tertiary/aromatic N) is 3. The van der Waals surface area contributed by atoms with Gasteiger partial charge in [0.05, 0.1) is 5.69 Å². The zero-order valence-corrected chi connectivity index (χ0v) is 17.5. The van der Waals surface area contributed by atoms with Gasteiger partial charge in [-0.05, 0) is 68.0 Å². The maximum absolute atomic E-state index is 13.7. The molecule has 1 N–H and O–H groups in total. The van der Waals surface area contributed by atoms with E-state index in [4.69, 9.17) is 0 Å². The Bertz CT molecular complexity index is 1160. The fraction of sp³-hybridized carbons (Fsp3) is 0.333. The van der Waals surface area contributed by atoms with Gasteiger partial charge in [0.2, 0.25) is 0 Å². The third-order valence-electron chi connectivity index (χ3n) is 6.32. The van der Waals surface area contributed by atoms with E-state index < -0.39 is 11.6 Å². The lowest BCUT2D eigenvalue weighted by molar-refractivity contribution is 0.0942. The summed E-state index contributed by atoms with van der Waals surface area (Å²) in [7, 11) is 0. The first-order valence-electron chi connectivity index (χ1n) is 10.8. The van der Waals surface area contributed by atoms with Crippen LogP contribution in [0.15, 0.2) is 42.5 Å². The molecule has 1 saturated heterocycles. The smallest absolute Gasteiger partial charge is 0.272 e. The van der Waals surface area contributed by atoms with Crippen LogP contribution in [0.3, 0.4) is 0 Å². The Kier molecular flexibility index (Phi) is 5.36. The van der Waals surface area contributed by atoms with Crippen molar-refractivity contribution < 1.29 is 18.0 Å². The van der Waals surface area contributed by atoms with Gasteiger partial charge < -0.3 is 10.2 Å². The minimum absolute atomic E-state index is 0.246. The lowest BCUT2D eigenvalue weighted by atomic mass is 10.1. The molecule has 0 spiro atoms. The summed E-state index contributed by atoms with van der Waals surface area (Å²) in [5.74, 6) is -2.08. The van der Waals surface area contributed by atoms with E-state index >= 15 is 0 Å². The SMILES string of the molecule is O=C(NCC1CCN(c2ccc(F)cc2)C1)c1nn(-c2ccc(F)c(F)c2)c2c1CCC2. The second-order valence-corrected chi connectivity index (χ2v) is 8.42. The Hall–Kier alpha value is -3.29. The van der Waals surface area contributed by atoms with Crippen molar-refractivity contribution in [2.45, 2.75) is 25.7 Å². The molecule has 1 atom stereocenters. The largest absolute Gasteiger partial charge is 0.371 e. The van der Waals surface area contributed by atoms with Crippen LogP contribution in [0.2, 0.25) is 0 Å². The highest BCUT2D eigenvalue weighted by atomic mass is 19.2. The average molecular weight is 440 g/mol. The van der Waals surface area contributed by atoms with Crippen LogP contribution >= 0.6 is 0 Å². The van der Waals surface area contributed by atoms with Crippen LogP contribution in [0.1, 0.15) is 34.6 Å². The highest BCUT2D eigenvalue weighted by Gasteiger charge is 2.28. The van der Waals surface area contributed by atoms with Crippen molar-refractivity contribution in [1.29, 1.82) is 0 Å². The van der Waals surface area contributed by atoms with Crippen LogP contribution in [-0.4, -0.2) is 35.3 Å². The maximum Gasteiger partial charge on any atom is 0.272 e. The molecule has 166 valence electrons. The monoisotopic (exact) mass is 440 g/mol. The summed E-state index contributed by atoms with van der Waals surface area (Å²) < 4.78 is 41.8. The van der Waals surface area contributed by atoms with E-state index in [9.17, 15) is 18.0 Å². The lowest BCUT2D eigenvalue weighted by Crippen LogP contribution is -2.31. The second kappa shape index (κ2) is 8.33. The van der Waals surface area contributed by atoms with E-state index in [1.165, 1.54) is 18.2 Å². The van der Waals surface area contributed by atoms with Gasteiger partial charge in [-0.2, -0.15) is 5.10 Å². The number of halogens is 3. The molecule has 0 bridgehead atoms. The Morgan fingerprint density at radius 1 is 1.03 bits per heavy atom. The van der Waals surface area contributed by atoms with Crippen LogP contribution in [0.25, 0.3) is 5.69 Å². The highest BCUT2D eigenvalue weighted by Crippen LogP contribution is 2.29. The van der Waals surface area contributed by atoms with Gasteiger partial charge in [0.15, 0.2) is 17.3 Å². The summed E-state index contributed by atoms with van der Waals surface area (Å²) in [6.07, 6.45) is 3.30. The molecule has 2 aromatic carbocycles. The molecule has 8 heteroatoms. The molecule has 5 rings (SSSR count). The Morgan fingerprint density at radius 3 is 2.59 bits per heavy atom. The summed E-state index contributed by atoms with van der Waals surface area (Å²) in [6.45, 7) is 2.16. The van der Waals surface area contributed by atoms with Crippen LogP contribution in [-0.2, 0) is 12.8 Å². The molecule has 1 unspecified atom stereocenters. The van der Waals surface area contributed by atoms with Crippen molar-refractivity contribution in [3.05, 3.63) is 76.9 Å². The Labute approximate surface area is 183 Å². The molecule has 2 aliphatic rings. The van der Waals surface area contributed by atoms with Crippen LogP contribution in [0, 0.1) is 23.4 Å². The molecule has 3 aromatic rings. The van der Waals surface area contributed by atoms with Crippen molar-refractivity contribution in [2.75, 3.05) is 24.5 Å². The van der Waals surface area contributed by atoms with Gasteiger partial charge in [0, 0.05) is 42.6 Å². The third-order valence-corrected chi connectivity index (χ3v) is 6.32. The predicted octanol–water partition coefficient (Wildman–Crippen LogP) is 4.03. The minimum Gasteiger partial charge on any atom is -0.371 e. The van der Waals surface area contributed by atoms with E-state index in [1.807, 2.05) is 0 Å². The van der Waals surface area contributed by atoms with Gasteiger partial charge >= 0.3 is 0 Å². The first-order valence-corrected chi connectivity index (χ1v) is 10.8. The number of rotatable bonds is 5. The number of anilines is 1. The van der Waals surface area contributed by atoms with Gasteiger partial charge in [0.1, 0.15) is 5.82 Å². The van der Waals surface area contributed by atoms with Crippen molar-refractivity contribution >= 4 is 11.6 Å². The normalized spacial score (nSPS) is 17.6. The molecule has 1 aromatic heterocycles. The first kappa shape index (κ1) is 20.6. The van der Waals surface area contributed by atoms with Crippen LogP contribution < -0.4 is 10.2 Å². The van der Waals surface area contributed by atoms with Crippen molar-refractivity contribution in [3.8, 4) is 5.69 Å². The molecule has 1 aliphatic carbocycles. The molecule has 0 radical (unpaired) electrons. The quantitative estimate of drug-likeness (QED) is 0.652. The lowest BCUT2D eigenvalue weighted by Gasteiger charge is -2.18. The van der Waals surface area contributed by atoms with Gasteiger partial charge in [-0.3, -0.25) is 4.79 Å². The van der Waals surface area contributed by atoms with Gasteiger partial charge in [-0.15, -0.1) is 0 Å². The second-order valence-electron chi connectivity index (χ2n) is 8.42. The Balaban J connectivity index is 1.27. The predicted molar refractivity (Wildman–Crippen MR) is 115 cm³/mol. The molecule has 2 heterocycles. The standard InChI is InChI=1S/C24H23F3N4O/c25-16-4-6-17(7-5-16)30-11-10-15(14-30)13-28-24(32)23-19-2-1-3-22(19)31(29-23)18-8-9-20(26)21(27)12-18/h4-9,12,15H,1-3,10-11,13-14H2,(H,28,32). The summed E-state index contributed by atoms with van der Waals surface area (Å²) in [5, 5.41) is 7.46.